The summed E-state index contributed by atoms with van der Waals surface area (Å²) < 4.78 is 5.55. The fourth-order valence-electron chi connectivity index (χ4n) is 0.572. The van der Waals surface area contributed by atoms with Crippen molar-refractivity contribution < 1.29 is 0 Å². The van der Waals surface area contributed by atoms with E-state index in [0.29, 0.717) is 4.75 Å². The zero-order valence-corrected chi connectivity index (χ0v) is 11.1. The number of hydrogen-bond acceptors (Lipinski definition) is 4. The molecular weight excluding hydrogens is 303 g/mol. The first-order chi connectivity index (χ1) is 5.47. The van der Waals surface area contributed by atoms with Crippen molar-refractivity contribution in [3.8, 4) is 0 Å². The molecule has 0 saturated heterocycles. The minimum Gasteiger partial charge on any atom is -0.213 e. The molecule has 1 aromatic rings. The van der Waals surface area contributed by atoms with Gasteiger partial charge in [0.1, 0.15) is 0 Å². The summed E-state index contributed by atoms with van der Waals surface area (Å²) in [6, 6.07) is 0. The number of aromatic nitrogens is 2. The molecule has 0 N–H and O–H groups in total. The third kappa shape index (κ3) is 4.04. The van der Waals surface area contributed by atoms with E-state index in [1.54, 1.807) is 0 Å². The second-order valence-corrected chi connectivity index (χ2v) is 7.67. The molecule has 1 rings (SSSR count). The summed E-state index contributed by atoms with van der Waals surface area (Å²) in [4.78, 5) is 4.29. The van der Waals surface area contributed by atoms with Gasteiger partial charge >= 0.3 is 0 Å². The van der Waals surface area contributed by atoms with E-state index in [1.807, 2.05) is 11.8 Å². The van der Waals surface area contributed by atoms with Crippen LogP contribution < -0.4 is 0 Å². The van der Waals surface area contributed by atoms with Crippen LogP contribution in [0.25, 0.3) is 0 Å². The number of nitrogens with zero attached hydrogens (tertiary/aromatic N) is 2. The molecule has 0 bridgehead atoms. The summed E-state index contributed by atoms with van der Waals surface area (Å²) in [7, 11) is 0. The van der Waals surface area contributed by atoms with Crippen LogP contribution >= 0.6 is 45.9 Å². The van der Waals surface area contributed by atoms with Crippen LogP contribution in [0.15, 0.2) is 0 Å². The van der Waals surface area contributed by atoms with Gasteiger partial charge in [0.25, 0.3) is 0 Å². The van der Waals surface area contributed by atoms with Crippen molar-refractivity contribution in [1.82, 2.24) is 9.36 Å². The monoisotopic (exact) mass is 314 g/mol. The van der Waals surface area contributed by atoms with Gasteiger partial charge in [-0.25, -0.2) is 4.98 Å². The average Bonchev–Trinajstić information content (AvgIpc) is 2.30. The normalized spacial score (nSPS) is 12.0. The Bertz CT molecular complexity index is 254. The van der Waals surface area contributed by atoms with Crippen LogP contribution in [0.3, 0.4) is 0 Å². The van der Waals surface area contributed by atoms with Crippen LogP contribution in [0.1, 0.15) is 26.6 Å². The van der Waals surface area contributed by atoms with Gasteiger partial charge < -0.3 is 0 Å². The molecule has 0 unspecified atom stereocenters. The minimum absolute atomic E-state index is 0.302. The van der Waals surface area contributed by atoms with Crippen LogP contribution in [0.2, 0.25) is 0 Å². The number of hydrogen-bond donors (Lipinski definition) is 0. The van der Waals surface area contributed by atoms with Crippen molar-refractivity contribution in [2.45, 2.75) is 31.3 Å². The number of halogens is 1. The lowest BCUT2D eigenvalue weighted by molar-refractivity contribution is 0.801. The van der Waals surface area contributed by atoms with E-state index in [2.05, 4.69) is 52.7 Å². The Labute approximate surface area is 94.9 Å². The molecule has 0 radical (unpaired) electrons. The Morgan fingerprint density at radius 1 is 1.50 bits per heavy atom. The molecule has 0 atom stereocenters. The van der Waals surface area contributed by atoms with Crippen LogP contribution in [0.4, 0.5) is 0 Å². The van der Waals surface area contributed by atoms with Crippen LogP contribution in [0, 0.1) is 3.01 Å². The quantitative estimate of drug-likeness (QED) is 0.784. The molecule has 0 aliphatic rings. The van der Waals surface area contributed by atoms with Crippen molar-refractivity contribution in [3.05, 3.63) is 8.84 Å². The highest BCUT2D eigenvalue weighted by Crippen LogP contribution is 2.26. The molecule has 0 fully saturated rings. The summed E-state index contributed by atoms with van der Waals surface area (Å²) >= 11 is 5.54. The maximum Gasteiger partial charge on any atom is 0.174 e. The molecule has 2 nitrogen and oxygen atoms in total. The van der Waals surface area contributed by atoms with E-state index in [4.69, 9.17) is 0 Å². The summed E-state index contributed by atoms with van der Waals surface area (Å²) in [5, 5.41) is 0. The van der Waals surface area contributed by atoms with Gasteiger partial charge in [-0.2, -0.15) is 4.37 Å². The summed E-state index contributed by atoms with van der Waals surface area (Å²) in [6.07, 6.45) is 0. The predicted molar refractivity (Wildman–Crippen MR) is 63.7 cm³/mol. The molecule has 1 heterocycles. The SMILES string of the molecule is CC(C)(C)SCc1nsc(I)n1. The van der Waals surface area contributed by atoms with Gasteiger partial charge in [0.15, 0.2) is 8.84 Å². The lowest BCUT2D eigenvalue weighted by Gasteiger charge is -2.15. The summed E-state index contributed by atoms with van der Waals surface area (Å²) in [6.45, 7) is 6.61. The van der Waals surface area contributed by atoms with Gasteiger partial charge in [-0.15, -0.1) is 11.8 Å². The van der Waals surface area contributed by atoms with Gasteiger partial charge in [-0.1, -0.05) is 20.8 Å². The van der Waals surface area contributed by atoms with Crippen LogP contribution in [0.5, 0.6) is 0 Å². The largest absolute Gasteiger partial charge is 0.213 e. The fourth-order valence-corrected chi connectivity index (χ4v) is 2.35. The Hall–Kier alpha value is 0.640. The lowest BCUT2D eigenvalue weighted by Crippen LogP contribution is -2.07. The molecule has 0 amide bonds. The maximum atomic E-state index is 4.29. The van der Waals surface area contributed by atoms with E-state index in [0.717, 1.165) is 14.6 Å². The zero-order valence-electron chi connectivity index (χ0n) is 7.30. The molecule has 0 aliphatic carbocycles. The Balaban J connectivity index is 2.44. The van der Waals surface area contributed by atoms with Crippen LogP contribution in [-0.4, -0.2) is 14.1 Å². The first-order valence-electron chi connectivity index (χ1n) is 3.59. The summed E-state index contributed by atoms with van der Waals surface area (Å²) in [5.41, 5.74) is 0. The molecule has 1 aromatic heterocycles. The smallest absolute Gasteiger partial charge is 0.174 e. The van der Waals surface area contributed by atoms with Gasteiger partial charge in [0.2, 0.25) is 0 Å². The van der Waals surface area contributed by atoms with Gasteiger partial charge in [-0.3, -0.25) is 0 Å². The molecule has 0 aliphatic heterocycles. The Kier molecular flexibility index (Phi) is 3.78. The minimum atomic E-state index is 0.302. The highest BCUT2D eigenvalue weighted by molar-refractivity contribution is 14.1. The number of thioether (sulfide) groups is 1. The van der Waals surface area contributed by atoms with Gasteiger partial charge in [-0.05, 0) is 34.1 Å². The first-order valence-corrected chi connectivity index (χ1v) is 6.43. The first kappa shape index (κ1) is 10.7. The standard InChI is InChI=1S/C7H11IN2S2/c1-7(2,3)11-4-5-9-6(8)12-10-5/h4H2,1-3H3. The van der Waals surface area contributed by atoms with Crippen molar-refractivity contribution >= 4 is 45.9 Å². The van der Waals surface area contributed by atoms with E-state index in [1.165, 1.54) is 11.5 Å². The van der Waals surface area contributed by atoms with E-state index in [9.17, 15) is 0 Å². The predicted octanol–water partition coefficient (Wildman–Crippen LogP) is 3.17. The molecule has 0 aromatic carbocycles. The van der Waals surface area contributed by atoms with Crippen molar-refractivity contribution in [3.63, 3.8) is 0 Å². The second-order valence-electron chi connectivity index (χ2n) is 3.36. The molecule has 68 valence electrons. The lowest BCUT2D eigenvalue weighted by atomic mass is 10.3. The molecule has 0 spiro atoms. The third-order valence-electron chi connectivity index (χ3n) is 1.08. The van der Waals surface area contributed by atoms with Crippen molar-refractivity contribution in [1.29, 1.82) is 0 Å². The molecule has 5 heteroatoms. The molecule has 0 saturated carbocycles. The zero-order chi connectivity index (χ0) is 9.19. The average molecular weight is 314 g/mol. The van der Waals surface area contributed by atoms with Gasteiger partial charge in [0, 0.05) is 4.75 Å². The van der Waals surface area contributed by atoms with E-state index >= 15 is 0 Å². The fraction of sp³-hybridized carbons (Fsp3) is 0.714. The topological polar surface area (TPSA) is 25.8 Å². The summed E-state index contributed by atoms with van der Waals surface area (Å²) in [5.74, 6) is 1.88. The van der Waals surface area contributed by atoms with E-state index < -0.39 is 0 Å². The third-order valence-corrected chi connectivity index (χ3v) is 3.72. The molecule has 12 heavy (non-hydrogen) atoms. The van der Waals surface area contributed by atoms with Crippen molar-refractivity contribution in [2.24, 2.45) is 0 Å². The number of rotatable bonds is 2. The second kappa shape index (κ2) is 4.23. The van der Waals surface area contributed by atoms with Crippen LogP contribution in [-0.2, 0) is 5.75 Å². The van der Waals surface area contributed by atoms with E-state index in [-0.39, 0.29) is 0 Å². The Morgan fingerprint density at radius 3 is 2.58 bits per heavy atom. The highest BCUT2D eigenvalue weighted by Gasteiger charge is 2.12. The van der Waals surface area contributed by atoms with Gasteiger partial charge in [0.05, 0.1) is 5.75 Å². The maximum absolute atomic E-state index is 4.29. The highest BCUT2D eigenvalue weighted by atomic mass is 127. The Morgan fingerprint density at radius 2 is 2.17 bits per heavy atom. The van der Waals surface area contributed by atoms with Crippen molar-refractivity contribution in [2.75, 3.05) is 0 Å². The molecular formula is C7H11IN2S2.